The first-order valence-electron chi connectivity index (χ1n) is 8.47. The number of nitrogens with one attached hydrogen (secondary N) is 1. The van der Waals surface area contributed by atoms with Crippen LogP contribution in [0.25, 0.3) is 10.9 Å². The van der Waals surface area contributed by atoms with Crippen LogP contribution in [0.5, 0.6) is 0 Å². The summed E-state index contributed by atoms with van der Waals surface area (Å²) in [6, 6.07) is 3.67. The molecule has 3 rings (SSSR count). The Morgan fingerprint density at radius 2 is 2.04 bits per heavy atom. The summed E-state index contributed by atoms with van der Waals surface area (Å²) in [5.74, 6) is 0.203. The lowest BCUT2D eigenvalue weighted by molar-refractivity contribution is 0.100. The van der Waals surface area contributed by atoms with E-state index in [4.69, 9.17) is 17.3 Å². The maximum atomic E-state index is 12.3. The van der Waals surface area contributed by atoms with Gasteiger partial charge in [-0.2, -0.15) is 0 Å². The minimum absolute atomic E-state index is 0.100. The Kier molecular flexibility index (Phi) is 5.96. The Morgan fingerprint density at radius 1 is 1.35 bits per heavy atom. The van der Waals surface area contributed by atoms with Crippen molar-refractivity contribution in [1.29, 1.82) is 0 Å². The summed E-state index contributed by atoms with van der Waals surface area (Å²) in [5, 5.41) is 0.955. The molecule has 0 aliphatic carbocycles. The first-order valence-corrected chi connectivity index (χ1v) is 11.4. The van der Waals surface area contributed by atoms with Crippen LogP contribution in [0.3, 0.4) is 0 Å². The first kappa shape index (κ1) is 19.7. The van der Waals surface area contributed by atoms with Crippen molar-refractivity contribution in [1.82, 2.24) is 9.29 Å². The number of amides is 1. The maximum Gasteiger partial charge on any atom is 0.250 e. The number of carbonyl (C=O) groups excluding carboxylic acids is 1. The minimum atomic E-state index is -3.23. The van der Waals surface area contributed by atoms with Gasteiger partial charge in [0.25, 0.3) is 5.91 Å². The van der Waals surface area contributed by atoms with Gasteiger partial charge in [-0.25, -0.2) is 12.7 Å². The van der Waals surface area contributed by atoms with Crippen molar-refractivity contribution < 1.29 is 13.2 Å². The van der Waals surface area contributed by atoms with Crippen molar-refractivity contribution in [3.8, 4) is 0 Å². The highest BCUT2D eigenvalue weighted by Crippen LogP contribution is 2.36. The number of primary amides is 1. The molecule has 0 spiro atoms. The van der Waals surface area contributed by atoms with Gasteiger partial charge in [-0.15, -0.1) is 11.6 Å². The number of benzene rings is 1. The van der Waals surface area contributed by atoms with E-state index in [0.717, 1.165) is 33.8 Å². The highest BCUT2D eigenvalue weighted by molar-refractivity contribution is 9.10. The number of H-pyrrole nitrogens is 1. The second kappa shape index (κ2) is 7.88. The Morgan fingerprint density at radius 3 is 2.65 bits per heavy atom. The second-order valence-electron chi connectivity index (χ2n) is 6.52. The molecular formula is C17H21BrClN3O3S. The summed E-state index contributed by atoms with van der Waals surface area (Å²) in [4.78, 5) is 14.9. The van der Waals surface area contributed by atoms with E-state index in [-0.39, 0.29) is 11.7 Å². The molecular weight excluding hydrogens is 442 g/mol. The fourth-order valence-electron chi connectivity index (χ4n) is 3.56. The summed E-state index contributed by atoms with van der Waals surface area (Å²) >= 11 is 9.05. The standard InChI is InChI=1S/C17H21BrClN3O3S/c18-12-8-13-15(10-21-16(13)14(9-12)17(20)23)11-2-5-22(6-3-11)26(24,25)7-1-4-19/h8-11,21H,1-7H2,(H2,20,23). The number of piperidine rings is 1. The van der Waals surface area contributed by atoms with E-state index in [9.17, 15) is 13.2 Å². The van der Waals surface area contributed by atoms with E-state index in [1.165, 1.54) is 0 Å². The molecule has 3 N–H and O–H groups in total. The third-order valence-corrected chi connectivity index (χ3v) is 7.56. The molecule has 1 saturated heterocycles. The van der Waals surface area contributed by atoms with E-state index in [2.05, 4.69) is 20.9 Å². The molecule has 2 aromatic rings. The van der Waals surface area contributed by atoms with Gasteiger partial charge in [0.1, 0.15) is 0 Å². The summed E-state index contributed by atoms with van der Waals surface area (Å²) in [6.07, 6.45) is 3.86. The van der Waals surface area contributed by atoms with Crippen molar-refractivity contribution in [3.05, 3.63) is 33.9 Å². The van der Waals surface area contributed by atoms with Gasteiger partial charge in [0, 0.05) is 35.0 Å². The highest BCUT2D eigenvalue weighted by Gasteiger charge is 2.29. The third kappa shape index (κ3) is 3.93. The molecule has 2 heterocycles. The maximum absolute atomic E-state index is 12.3. The molecule has 1 fully saturated rings. The fraction of sp³-hybridized carbons (Fsp3) is 0.471. The zero-order valence-electron chi connectivity index (χ0n) is 14.2. The number of rotatable bonds is 6. The zero-order chi connectivity index (χ0) is 18.9. The number of carbonyl (C=O) groups is 1. The largest absolute Gasteiger partial charge is 0.366 e. The van der Waals surface area contributed by atoms with Crippen LogP contribution in [0.2, 0.25) is 0 Å². The van der Waals surface area contributed by atoms with E-state index in [1.807, 2.05) is 12.3 Å². The van der Waals surface area contributed by atoms with Crippen molar-refractivity contribution >= 4 is 54.4 Å². The van der Waals surface area contributed by atoms with Crippen LogP contribution in [0.1, 0.15) is 41.1 Å². The Hall–Kier alpha value is -1.09. The van der Waals surface area contributed by atoms with E-state index < -0.39 is 15.9 Å². The number of aromatic nitrogens is 1. The fourth-order valence-corrected chi connectivity index (χ4v) is 5.85. The quantitative estimate of drug-likeness (QED) is 0.645. The van der Waals surface area contributed by atoms with Crippen LogP contribution < -0.4 is 5.73 Å². The number of fused-ring (bicyclic) bond motifs is 1. The molecule has 1 aliphatic heterocycles. The Labute approximate surface area is 166 Å². The summed E-state index contributed by atoms with van der Waals surface area (Å²) < 4.78 is 27.0. The normalized spacial score (nSPS) is 17.0. The van der Waals surface area contributed by atoms with Crippen LogP contribution in [0.15, 0.2) is 22.8 Å². The number of aromatic amines is 1. The predicted molar refractivity (Wildman–Crippen MR) is 107 cm³/mol. The van der Waals surface area contributed by atoms with Crippen molar-refractivity contribution in [2.75, 3.05) is 24.7 Å². The predicted octanol–water partition coefficient (Wildman–Crippen LogP) is 3.17. The van der Waals surface area contributed by atoms with E-state index >= 15 is 0 Å². The van der Waals surface area contributed by atoms with Crippen LogP contribution >= 0.6 is 27.5 Å². The van der Waals surface area contributed by atoms with Gasteiger partial charge in [0.05, 0.1) is 16.8 Å². The van der Waals surface area contributed by atoms with Gasteiger partial charge < -0.3 is 10.7 Å². The molecule has 0 bridgehead atoms. The van der Waals surface area contributed by atoms with Gasteiger partial charge in [-0.3, -0.25) is 4.79 Å². The average Bonchev–Trinajstić information content (AvgIpc) is 3.03. The Balaban J connectivity index is 1.81. The van der Waals surface area contributed by atoms with Crippen molar-refractivity contribution in [2.45, 2.75) is 25.2 Å². The first-order chi connectivity index (χ1) is 12.3. The second-order valence-corrected chi connectivity index (χ2v) is 9.90. The van der Waals surface area contributed by atoms with Gasteiger partial charge in [0.2, 0.25) is 10.0 Å². The third-order valence-electron chi connectivity index (χ3n) is 4.87. The average molecular weight is 463 g/mol. The van der Waals surface area contributed by atoms with Crippen LogP contribution in [-0.2, 0) is 10.0 Å². The molecule has 142 valence electrons. The smallest absolute Gasteiger partial charge is 0.250 e. The van der Waals surface area contributed by atoms with E-state index in [1.54, 1.807) is 10.4 Å². The summed E-state index contributed by atoms with van der Waals surface area (Å²) in [5.41, 5.74) is 7.75. The van der Waals surface area contributed by atoms with Gasteiger partial charge >= 0.3 is 0 Å². The minimum Gasteiger partial charge on any atom is -0.366 e. The van der Waals surface area contributed by atoms with Gasteiger partial charge in [-0.05, 0) is 42.9 Å². The highest BCUT2D eigenvalue weighted by atomic mass is 79.9. The summed E-state index contributed by atoms with van der Waals surface area (Å²) in [7, 11) is -3.23. The summed E-state index contributed by atoms with van der Waals surface area (Å²) in [6.45, 7) is 0.997. The van der Waals surface area contributed by atoms with Crippen LogP contribution in [0, 0.1) is 0 Å². The lowest BCUT2D eigenvalue weighted by Gasteiger charge is -2.31. The molecule has 1 aromatic carbocycles. The van der Waals surface area contributed by atoms with Crippen LogP contribution in [-0.4, -0.2) is 48.3 Å². The van der Waals surface area contributed by atoms with Crippen LogP contribution in [0.4, 0.5) is 0 Å². The lowest BCUT2D eigenvalue weighted by Crippen LogP contribution is -2.39. The molecule has 0 radical (unpaired) electrons. The number of alkyl halides is 1. The molecule has 0 atom stereocenters. The number of hydrogen-bond acceptors (Lipinski definition) is 3. The molecule has 1 amide bonds. The molecule has 26 heavy (non-hydrogen) atoms. The van der Waals surface area contributed by atoms with Gasteiger partial charge in [-0.1, -0.05) is 15.9 Å². The molecule has 0 saturated carbocycles. The van der Waals surface area contributed by atoms with E-state index in [0.29, 0.717) is 31.0 Å². The number of nitrogens with zero attached hydrogens (tertiary/aromatic N) is 1. The molecule has 0 unspecified atom stereocenters. The zero-order valence-corrected chi connectivity index (χ0v) is 17.3. The molecule has 1 aromatic heterocycles. The molecule has 1 aliphatic rings. The molecule has 6 nitrogen and oxygen atoms in total. The number of hydrogen-bond donors (Lipinski definition) is 2. The topological polar surface area (TPSA) is 96.3 Å². The SMILES string of the molecule is NC(=O)c1cc(Br)cc2c(C3CCN(S(=O)(=O)CCCCl)CC3)c[nH]c12. The monoisotopic (exact) mass is 461 g/mol. The lowest BCUT2D eigenvalue weighted by atomic mass is 9.89. The Bertz CT molecular complexity index is 921. The van der Waals surface area contributed by atoms with Crippen molar-refractivity contribution in [3.63, 3.8) is 0 Å². The number of sulfonamides is 1. The number of halogens is 2. The number of nitrogens with two attached hydrogens (primary N) is 1. The van der Waals surface area contributed by atoms with Crippen molar-refractivity contribution in [2.24, 2.45) is 5.73 Å². The van der Waals surface area contributed by atoms with Gasteiger partial charge in [0.15, 0.2) is 0 Å². The molecule has 9 heteroatoms.